The fourth-order valence-corrected chi connectivity index (χ4v) is 1.93. The monoisotopic (exact) mass is 260 g/mol. The smallest absolute Gasteiger partial charge is 0.273 e. The van der Waals surface area contributed by atoms with E-state index in [4.69, 9.17) is 0 Å². The van der Waals surface area contributed by atoms with Crippen molar-refractivity contribution in [2.75, 3.05) is 19.6 Å². The highest BCUT2D eigenvalue weighted by atomic mass is 16.2. The van der Waals surface area contributed by atoms with Gasteiger partial charge in [-0.25, -0.2) is 4.68 Å². The van der Waals surface area contributed by atoms with Gasteiger partial charge in [-0.2, -0.15) is 0 Å². The molecule has 19 heavy (non-hydrogen) atoms. The van der Waals surface area contributed by atoms with Crippen molar-refractivity contribution in [1.82, 2.24) is 30.2 Å². The lowest BCUT2D eigenvalue weighted by Gasteiger charge is -2.26. The molecule has 1 saturated heterocycles. The summed E-state index contributed by atoms with van der Waals surface area (Å²) in [5.74, 6) is -0.175. The van der Waals surface area contributed by atoms with Crippen molar-refractivity contribution in [2.45, 2.75) is 12.6 Å². The van der Waals surface area contributed by atoms with Crippen molar-refractivity contribution in [1.29, 1.82) is 0 Å². The van der Waals surface area contributed by atoms with Crippen LogP contribution < -0.4 is 10.6 Å². The van der Waals surface area contributed by atoms with Crippen LogP contribution in [0.1, 0.15) is 16.5 Å². The minimum Gasteiger partial charge on any atom is -0.353 e. The molecule has 0 saturated carbocycles. The van der Waals surface area contributed by atoms with Gasteiger partial charge in [-0.3, -0.25) is 4.79 Å². The molecule has 100 valence electrons. The quantitative estimate of drug-likeness (QED) is 0.770. The highest BCUT2D eigenvalue weighted by Crippen LogP contribution is 2.09. The Morgan fingerprint density at radius 3 is 2.89 bits per heavy atom. The molecule has 7 heteroatoms. The summed E-state index contributed by atoms with van der Waals surface area (Å²) in [5.41, 5.74) is 0.374. The zero-order valence-corrected chi connectivity index (χ0v) is 10.5. The predicted molar refractivity (Wildman–Crippen MR) is 68.7 cm³/mol. The standard InChI is InChI=1S/C12H16N6O/c19-12(14-3-6-17-4-1-2-5-17)11-9-18(16-15-11)10-7-13-8-10/h1-2,4-5,9-10,13H,3,6-8H2,(H,14,19). The van der Waals surface area contributed by atoms with E-state index in [0.717, 1.165) is 19.6 Å². The first-order valence-corrected chi connectivity index (χ1v) is 6.34. The molecule has 3 heterocycles. The molecule has 0 atom stereocenters. The Balaban J connectivity index is 1.50. The minimum absolute atomic E-state index is 0.175. The van der Waals surface area contributed by atoms with Crippen molar-refractivity contribution < 1.29 is 4.79 Å². The fraction of sp³-hybridized carbons (Fsp3) is 0.417. The first kappa shape index (κ1) is 11.9. The van der Waals surface area contributed by atoms with Crippen LogP contribution >= 0.6 is 0 Å². The molecule has 7 nitrogen and oxygen atoms in total. The molecule has 1 fully saturated rings. The maximum atomic E-state index is 11.9. The summed E-state index contributed by atoms with van der Waals surface area (Å²) in [6, 6.07) is 4.24. The summed E-state index contributed by atoms with van der Waals surface area (Å²) >= 11 is 0. The number of carbonyl (C=O) groups excluding carboxylic acids is 1. The molecule has 1 aliphatic rings. The van der Waals surface area contributed by atoms with E-state index in [1.165, 1.54) is 0 Å². The Morgan fingerprint density at radius 2 is 2.21 bits per heavy atom. The summed E-state index contributed by atoms with van der Waals surface area (Å²) in [6.07, 6.45) is 5.63. The van der Waals surface area contributed by atoms with Crippen LogP contribution in [0, 0.1) is 0 Å². The SMILES string of the molecule is O=C(NCCn1cccc1)c1cn(C2CNC2)nn1. The van der Waals surface area contributed by atoms with E-state index < -0.39 is 0 Å². The van der Waals surface area contributed by atoms with Gasteiger partial charge in [0.05, 0.1) is 12.2 Å². The van der Waals surface area contributed by atoms with E-state index >= 15 is 0 Å². The first-order valence-electron chi connectivity index (χ1n) is 6.34. The minimum atomic E-state index is -0.175. The fourth-order valence-electron chi connectivity index (χ4n) is 1.93. The molecular weight excluding hydrogens is 244 g/mol. The number of rotatable bonds is 5. The predicted octanol–water partition coefficient (Wildman–Crippen LogP) is -0.346. The first-order chi connectivity index (χ1) is 9.33. The van der Waals surface area contributed by atoms with Crippen molar-refractivity contribution in [3.05, 3.63) is 36.4 Å². The van der Waals surface area contributed by atoms with Crippen molar-refractivity contribution >= 4 is 5.91 Å². The molecule has 2 aromatic rings. The van der Waals surface area contributed by atoms with Crippen LogP contribution in [-0.2, 0) is 6.54 Å². The van der Waals surface area contributed by atoms with Crippen LogP contribution in [0.15, 0.2) is 30.7 Å². The van der Waals surface area contributed by atoms with Gasteiger partial charge in [0, 0.05) is 38.6 Å². The molecule has 2 aromatic heterocycles. The van der Waals surface area contributed by atoms with Crippen LogP contribution in [0.25, 0.3) is 0 Å². The summed E-state index contributed by atoms with van der Waals surface area (Å²) in [6.45, 7) is 3.10. The Labute approximate surface area is 110 Å². The number of aromatic nitrogens is 4. The van der Waals surface area contributed by atoms with Gasteiger partial charge in [0.2, 0.25) is 0 Å². The number of carbonyl (C=O) groups is 1. The number of hydrogen-bond acceptors (Lipinski definition) is 4. The third-order valence-corrected chi connectivity index (χ3v) is 3.20. The lowest BCUT2D eigenvalue weighted by Crippen LogP contribution is -2.43. The molecule has 0 aromatic carbocycles. The second kappa shape index (κ2) is 5.23. The topological polar surface area (TPSA) is 76.8 Å². The third kappa shape index (κ3) is 2.65. The highest BCUT2D eigenvalue weighted by molar-refractivity contribution is 5.91. The van der Waals surface area contributed by atoms with Gasteiger partial charge in [-0.1, -0.05) is 5.21 Å². The second-order valence-corrected chi connectivity index (χ2v) is 4.57. The van der Waals surface area contributed by atoms with Crippen LogP contribution in [0.4, 0.5) is 0 Å². The third-order valence-electron chi connectivity index (χ3n) is 3.20. The zero-order valence-electron chi connectivity index (χ0n) is 10.5. The van der Waals surface area contributed by atoms with Gasteiger partial charge in [-0.05, 0) is 12.1 Å². The van der Waals surface area contributed by atoms with E-state index in [2.05, 4.69) is 20.9 Å². The number of hydrogen-bond donors (Lipinski definition) is 2. The molecule has 0 aliphatic carbocycles. The van der Waals surface area contributed by atoms with Gasteiger partial charge in [0.15, 0.2) is 5.69 Å². The molecule has 3 rings (SSSR count). The van der Waals surface area contributed by atoms with E-state index in [1.54, 1.807) is 10.9 Å². The van der Waals surface area contributed by atoms with Gasteiger partial charge in [-0.15, -0.1) is 5.10 Å². The van der Waals surface area contributed by atoms with E-state index in [0.29, 0.717) is 18.3 Å². The Hall–Kier alpha value is -2.15. The summed E-state index contributed by atoms with van der Waals surface area (Å²) in [5, 5.41) is 13.9. The molecule has 0 radical (unpaired) electrons. The Morgan fingerprint density at radius 1 is 1.42 bits per heavy atom. The molecule has 1 amide bonds. The van der Waals surface area contributed by atoms with Crippen molar-refractivity contribution in [3.8, 4) is 0 Å². The van der Waals surface area contributed by atoms with E-state index in [9.17, 15) is 4.79 Å². The second-order valence-electron chi connectivity index (χ2n) is 4.57. The van der Waals surface area contributed by atoms with Crippen LogP contribution in [-0.4, -0.2) is 45.1 Å². The molecular formula is C12H16N6O. The van der Waals surface area contributed by atoms with Crippen LogP contribution in [0.5, 0.6) is 0 Å². The zero-order chi connectivity index (χ0) is 13.1. The molecule has 2 N–H and O–H groups in total. The maximum absolute atomic E-state index is 11.9. The van der Waals surface area contributed by atoms with E-state index in [-0.39, 0.29) is 5.91 Å². The molecule has 0 bridgehead atoms. The van der Waals surface area contributed by atoms with Crippen molar-refractivity contribution in [2.24, 2.45) is 0 Å². The van der Waals surface area contributed by atoms with Gasteiger partial charge in [0.1, 0.15) is 0 Å². The average molecular weight is 260 g/mol. The van der Waals surface area contributed by atoms with Gasteiger partial charge in [0.25, 0.3) is 5.91 Å². The maximum Gasteiger partial charge on any atom is 0.273 e. The lowest BCUT2D eigenvalue weighted by molar-refractivity contribution is 0.0947. The van der Waals surface area contributed by atoms with Crippen LogP contribution in [0.2, 0.25) is 0 Å². The number of amides is 1. The highest BCUT2D eigenvalue weighted by Gasteiger charge is 2.21. The molecule has 0 unspecified atom stereocenters. The molecule has 0 spiro atoms. The largest absolute Gasteiger partial charge is 0.353 e. The summed E-state index contributed by atoms with van der Waals surface area (Å²) < 4.78 is 3.76. The number of nitrogens with zero attached hydrogens (tertiary/aromatic N) is 4. The average Bonchev–Trinajstić information content (AvgIpc) is 2.97. The van der Waals surface area contributed by atoms with Crippen LogP contribution in [0.3, 0.4) is 0 Å². The summed E-state index contributed by atoms with van der Waals surface area (Å²) in [7, 11) is 0. The Bertz CT molecular complexity index is 542. The normalized spacial score (nSPS) is 15.2. The summed E-state index contributed by atoms with van der Waals surface area (Å²) in [4.78, 5) is 11.9. The van der Waals surface area contributed by atoms with E-state index in [1.807, 2.05) is 29.1 Å². The Kier molecular flexibility index (Phi) is 3.28. The van der Waals surface area contributed by atoms with Gasteiger partial charge >= 0.3 is 0 Å². The number of nitrogens with one attached hydrogen (secondary N) is 2. The molecule has 1 aliphatic heterocycles. The van der Waals surface area contributed by atoms with Crippen molar-refractivity contribution in [3.63, 3.8) is 0 Å². The van der Waals surface area contributed by atoms with Gasteiger partial charge < -0.3 is 15.2 Å². The lowest BCUT2D eigenvalue weighted by atomic mass is 10.2.